The van der Waals surface area contributed by atoms with Gasteiger partial charge in [0.15, 0.2) is 5.75 Å². The Morgan fingerprint density at radius 2 is 1.83 bits per heavy atom. The van der Waals surface area contributed by atoms with E-state index < -0.39 is 33.2 Å². The molecule has 0 saturated carbocycles. The lowest BCUT2D eigenvalue weighted by Crippen LogP contribution is -2.30. The third kappa shape index (κ3) is 4.85. The highest BCUT2D eigenvalue weighted by atomic mass is 35.5. The second-order valence-electron chi connectivity index (χ2n) is 4.71. The molecule has 2 N–H and O–H groups in total. The molecule has 0 atom stereocenters. The molecule has 0 aliphatic carbocycles. The first-order chi connectivity index (χ1) is 11.3. The second-order valence-corrected chi connectivity index (χ2v) is 7.28. The van der Waals surface area contributed by atoms with Crippen molar-refractivity contribution in [3.63, 3.8) is 0 Å². The molecule has 2 rings (SSSR count). The number of ether oxygens (including phenoxy) is 1. The first-order valence-electron chi connectivity index (χ1n) is 6.67. The standard InChI is InChI=1S/C15H13Cl2NO5S/c16-11-6-12(17)15(20)13(7-11)24(21,22)18-8-14(19)23-9-10-4-2-1-3-5-10/h1-7,18,20H,8-9H2. The predicted molar refractivity (Wildman–Crippen MR) is 89.6 cm³/mol. The van der Waals surface area contributed by atoms with Gasteiger partial charge in [-0.1, -0.05) is 53.5 Å². The summed E-state index contributed by atoms with van der Waals surface area (Å²) in [7, 11) is -4.18. The summed E-state index contributed by atoms with van der Waals surface area (Å²) < 4.78 is 31.3. The van der Waals surface area contributed by atoms with Gasteiger partial charge in [0.1, 0.15) is 18.0 Å². The van der Waals surface area contributed by atoms with Crippen LogP contribution in [0.25, 0.3) is 0 Å². The number of carbonyl (C=O) groups is 1. The summed E-state index contributed by atoms with van der Waals surface area (Å²) in [6.07, 6.45) is 0. The zero-order valence-corrected chi connectivity index (χ0v) is 14.5. The Kier molecular flexibility index (Phi) is 6.06. The summed E-state index contributed by atoms with van der Waals surface area (Å²) in [5.41, 5.74) is 0.771. The number of sulfonamides is 1. The van der Waals surface area contributed by atoms with Crippen LogP contribution in [0.1, 0.15) is 5.56 Å². The van der Waals surface area contributed by atoms with Gasteiger partial charge in [-0.15, -0.1) is 0 Å². The fourth-order valence-corrected chi connectivity index (χ4v) is 3.49. The average Bonchev–Trinajstić information content (AvgIpc) is 2.55. The van der Waals surface area contributed by atoms with Crippen molar-refractivity contribution in [2.24, 2.45) is 0 Å². The summed E-state index contributed by atoms with van der Waals surface area (Å²) in [6.45, 7) is -0.575. The highest BCUT2D eigenvalue weighted by Gasteiger charge is 2.22. The van der Waals surface area contributed by atoms with Crippen molar-refractivity contribution in [3.8, 4) is 5.75 Å². The van der Waals surface area contributed by atoms with Crippen molar-refractivity contribution in [2.45, 2.75) is 11.5 Å². The molecule has 0 bridgehead atoms. The third-order valence-electron chi connectivity index (χ3n) is 2.93. The lowest BCUT2D eigenvalue weighted by Gasteiger charge is -2.10. The number of hydrogen-bond acceptors (Lipinski definition) is 5. The molecule has 0 spiro atoms. The molecule has 0 unspecified atom stereocenters. The monoisotopic (exact) mass is 389 g/mol. The van der Waals surface area contributed by atoms with Crippen LogP contribution in [0, 0.1) is 0 Å². The summed E-state index contributed by atoms with van der Waals surface area (Å²) >= 11 is 11.4. The molecule has 6 nitrogen and oxygen atoms in total. The Bertz CT molecular complexity index is 840. The van der Waals surface area contributed by atoms with Crippen LogP contribution < -0.4 is 4.72 Å². The van der Waals surface area contributed by atoms with Crippen LogP contribution in [0.3, 0.4) is 0 Å². The van der Waals surface area contributed by atoms with E-state index in [0.29, 0.717) is 0 Å². The van der Waals surface area contributed by atoms with Gasteiger partial charge in [0.25, 0.3) is 0 Å². The maximum absolute atomic E-state index is 12.1. The first-order valence-corrected chi connectivity index (χ1v) is 8.91. The number of hydrogen-bond donors (Lipinski definition) is 2. The number of rotatable bonds is 6. The van der Waals surface area contributed by atoms with E-state index in [1.165, 1.54) is 6.07 Å². The van der Waals surface area contributed by atoms with Gasteiger partial charge in [-0.2, -0.15) is 4.72 Å². The SMILES string of the molecule is O=C(CNS(=O)(=O)c1cc(Cl)cc(Cl)c1O)OCc1ccccc1. The van der Waals surface area contributed by atoms with Crippen LogP contribution in [0.4, 0.5) is 0 Å². The van der Waals surface area contributed by atoms with E-state index >= 15 is 0 Å². The van der Waals surface area contributed by atoms with Gasteiger partial charge < -0.3 is 9.84 Å². The number of benzene rings is 2. The number of phenols is 1. The third-order valence-corrected chi connectivity index (χ3v) is 4.85. The molecular formula is C15H13Cl2NO5S. The van der Waals surface area contributed by atoms with E-state index in [-0.39, 0.29) is 16.7 Å². The van der Waals surface area contributed by atoms with E-state index in [1.54, 1.807) is 24.3 Å². The molecule has 2 aromatic carbocycles. The highest BCUT2D eigenvalue weighted by molar-refractivity contribution is 7.89. The molecule has 0 aliphatic heterocycles. The number of esters is 1. The van der Waals surface area contributed by atoms with E-state index in [9.17, 15) is 18.3 Å². The molecule has 24 heavy (non-hydrogen) atoms. The Labute approximate surface area is 149 Å². The second kappa shape index (κ2) is 7.85. The molecular weight excluding hydrogens is 377 g/mol. The minimum atomic E-state index is -4.18. The number of phenolic OH excluding ortho intramolecular Hbond substituents is 1. The van der Waals surface area contributed by atoms with Crippen LogP contribution in [0.5, 0.6) is 5.75 Å². The summed E-state index contributed by atoms with van der Waals surface area (Å²) in [5, 5.41) is 9.57. The number of halogens is 2. The van der Waals surface area contributed by atoms with E-state index in [0.717, 1.165) is 11.6 Å². The Morgan fingerprint density at radius 3 is 2.50 bits per heavy atom. The van der Waals surface area contributed by atoms with Crippen molar-refractivity contribution in [1.29, 1.82) is 0 Å². The maximum atomic E-state index is 12.1. The van der Waals surface area contributed by atoms with Crippen LogP contribution in [-0.2, 0) is 26.2 Å². The van der Waals surface area contributed by atoms with Crippen molar-refractivity contribution in [2.75, 3.05) is 6.54 Å². The van der Waals surface area contributed by atoms with Crippen LogP contribution in [-0.4, -0.2) is 26.0 Å². The molecule has 0 radical (unpaired) electrons. The van der Waals surface area contributed by atoms with Crippen molar-refractivity contribution in [1.82, 2.24) is 4.72 Å². The smallest absolute Gasteiger partial charge is 0.321 e. The maximum Gasteiger partial charge on any atom is 0.321 e. The predicted octanol–water partition coefficient (Wildman–Crippen LogP) is 2.72. The molecule has 0 aliphatic rings. The van der Waals surface area contributed by atoms with Gasteiger partial charge in [0.2, 0.25) is 10.0 Å². The molecule has 0 fully saturated rings. The van der Waals surface area contributed by atoms with Crippen molar-refractivity contribution >= 4 is 39.2 Å². The molecule has 0 amide bonds. The molecule has 2 aromatic rings. The van der Waals surface area contributed by atoms with Crippen LogP contribution >= 0.6 is 23.2 Å². The summed E-state index contributed by atoms with van der Waals surface area (Å²) in [4.78, 5) is 11.1. The summed E-state index contributed by atoms with van der Waals surface area (Å²) in [6, 6.07) is 11.2. The van der Waals surface area contributed by atoms with E-state index in [4.69, 9.17) is 27.9 Å². The molecule has 0 heterocycles. The Morgan fingerprint density at radius 1 is 1.17 bits per heavy atom. The van der Waals surface area contributed by atoms with Gasteiger partial charge in [0, 0.05) is 5.02 Å². The van der Waals surface area contributed by atoms with Crippen molar-refractivity contribution in [3.05, 3.63) is 58.1 Å². The molecule has 128 valence electrons. The van der Waals surface area contributed by atoms with E-state index in [1.807, 2.05) is 10.8 Å². The molecule has 0 aromatic heterocycles. The zero-order valence-electron chi connectivity index (χ0n) is 12.2. The van der Waals surface area contributed by atoms with Gasteiger partial charge in [-0.25, -0.2) is 8.42 Å². The summed E-state index contributed by atoms with van der Waals surface area (Å²) in [5.74, 6) is -1.42. The first kappa shape index (κ1) is 18.5. The quantitative estimate of drug-likeness (QED) is 0.740. The van der Waals surface area contributed by atoms with Gasteiger partial charge in [-0.3, -0.25) is 4.79 Å². The normalized spacial score (nSPS) is 11.2. The largest absolute Gasteiger partial charge is 0.505 e. The zero-order chi connectivity index (χ0) is 17.7. The fraction of sp³-hybridized carbons (Fsp3) is 0.133. The average molecular weight is 390 g/mol. The lowest BCUT2D eigenvalue weighted by molar-refractivity contribution is -0.143. The van der Waals surface area contributed by atoms with Crippen LogP contribution in [0.15, 0.2) is 47.4 Å². The minimum Gasteiger partial charge on any atom is -0.505 e. The van der Waals surface area contributed by atoms with E-state index in [2.05, 4.69) is 0 Å². The Balaban J connectivity index is 1.99. The van der Waals surface area contributed by atoms with Crippen molar-refractivity contribution < 1.29 is 23.1 Å². The molecule has 9 heteroatoms. The van der Waals surface area contributed by atoms with Gasteiger partial charge >= 0.3 is 5.97 Å². The lowest BCUT2D eigenvalue weighted by atomic mass is 10.2. The topological polar surface area (TPSA) is 92.7 Å². The highest BCUT2D eigenvalue weighted by Crippen LogP contribution is 2.33. The van der Waals surface area contributed by atoms with Gasteiger partial charge in [-0.05, 0) is 17.7 Å². The number of aromatic hydroxyl groups is 1. The van der Waals surface area contributed by atoms with Gasteiger partial charge in [0.05, 0.1) is 5.02 Å². The minimum absolute atomic E-state index is 0.0235. The number of nitrogens with one attached hydrogen (secondary N) is 1. The fourth-order valence-electron chi connectivity index (χ4n) is 1.77. The Hall–Kier alpha value is -1.80. The van der Waals surface area contributed by atoms with Crippen LogP contribution in [0.2, 0.25) is 10.0 Å². The number of carbonyl (C=O) groups excluding carboxylic acids is 1. The molecule has 0 saturated heterocycles.